The molecule has 0 aliphatic carbocycles. The molecule has 0 saturated carbocycles. The number of hydrogen-bond acceptors (Lipinski definition) is 4. The van der Waals surface area contributed by atoms with Gasteiger partial charge in [-0.25, -0.2) is 0 Å². The average Bonchev–Trinajstić information content (AvgIpc) is 2.69. The first-order valence-corrected chi connectivity index (χ1v) is 9.56. The maximum absolute atomic E-state index is 12.4. The van der Waals surface area contributed by atoms with Gasteiger partial charge in [0.15, 0.2) is 0 Å². The number of anilines is 2. The summed E-state index contributed by atoms with van der Waals surface area (Å²) >= 11 is 0. The van der Waals surface area contributed by atoms with E-state index in [-0.39, 0.29) is 5.91 Å². The van der Waals surface area contributed by atoms with Gasteiger partial charge in [-0.05, 0) is 47.9 Å². The lowest BCUT2D eigenvalue weighted by molar-refractivity contribution is -0.117. The topological polar surface area (TPSA) is 44.8 Å². The summed E-state index contributed by atoms with van der Waals surface area (Å²) in [5.41, 5.74) is 3.31. The molecule has 0 bridgehead atoms. The number of nitrogens with one attached hydrogen (secondary N) is 1. The molecule has 1 saturated heterocycles. The van der Waals surface area contributed by atoms with Crippen molar-refractivity contribution in [1.29, 1.82) is 0 Å². The van der Waals surface area contributed by atoms with Gasteiger partial charge in [-0.15, -0.1) is 0 Å². The molecule has 1 fully saturated rings. The second-order valence-electron chi connectivity index (χ2n) is 7.29. The average molecular weight is 367 g/mol. The molecular weight excluding hydrogens is 338 g/mol. The van der Waals surface area contributed by atoms with Crippen molar-refractivity contribution in [1.82, 2.24) is 4.90 Å². The van der Waals surface area contributed by atoms with Gasteiger partial charge in [0.25, 0.3) is 0 Å². The molecule has 27 heavy (non-hydrogen) atoms. The first-order valence-electron chi connectivity index (χ1n) is 9.56. The molecule has 3 rings (SSSR count). The highest BCUT2D eigenvalue weighted by Gasteiger charge is 2.19. The van der Waals surface area contributed by atoms with Gasteiger partial charge in [-0.3, -0.25) is 9.69 Å². The van der Waals surface area contributed by atoms with E-state index in [1.54, 1.807) is 7.11 Å². The SMILES string of the molecule is COc1ccc(N2CCN(CC(=O)Nc3cccc(C(C)C)c3)CC2)cc1. The van der Waals surface area contributed by atoms with Crippen LogP contribution in [0.5, 0.6) is 5.75 Å². The van der Waals surface area contributed by atoms with Crippen LogP contribution in [0.3, 0.4) is 0 Å². The minimum atomic E-state index is 0.0498. The highest BCUT2D eigenvalue weighted by atomic mass is 16.5. The van der Waals surface area contributed by atoms with E-state index in [1.807, 2.05) is 24.3 Å². The van der Waals surface area contributed by atoms with Crippen LogP contribution in [0.2, 0.25) is 0 Å². The summed E-state index contributed by atoms with van der Waals surface area (Å²) in [5.74, 6) is 1.37. The molecule has 0 spiro atoms. The summed E-state index contributed by atoms with van der Waals surface area (Å²) in [6.07, 6.45) is 0. The lowest BCUT2D eigenvalue weighted by atomic mass is 10.0. The Kier molecular flexibility index (Phi) is 6.35. The largest absolute Gasteiger partial charge is 0.497 e. The molecule has 2 aromatic carbocycles. The van der Waals surface area contributed by atoms with Crippen LogP contribution in [0.1, 0.15) is 25.3 Å². The van der Waals surface area contributed by atoms with E-state index in [4.69, 9.17) is 4.74 Å². The van der Waals surface area contributed by atoms with Crippen molar-refractivity contribution in [2.75, 3.05) is 50.1 Å². The van der Waals surface area contributed by atoms with Crippen LogP contribution in [0, 0.1) is 0 Å². The van der Waals surface area contributed by atoms with E-state index in [0.717, 1.165) is 37.6 Å². The number of ether oxygens (including phenoxy) is 1. The first kappa shape index (κ1) is 19.2. The summed E-state index contributed by atoms with van der Waals surface area (Å²) < 4.78 is 5.22. The maximum atomic E-state index is 12.4. The van der Waals surface area contributed by atoms with Crippen LogP contribution in [0.15, 0.2) is 48.5 Å². The van der Waals surface area contributed by atoms with Gasteiger partial charge in [0.1, 0.15) is 5.75 Å². The predicted octanol–water partition coefficient (Wildman–Crippen LogP) is 3.58. The molecule has 1 amide bonds. The summed E-state index contributed by atoms with van der Waals surface area (Å²) in [6.45, 7) is 8.34. The van der Waals surface area contributed by atoms with E-state index in [9.17, 15) is 4.79 Å². The van der Waals surface area contributed by atoms with Gasteiger partial charge in [-0.1, -0.05) is 26.0 Å². The van der Waals surface area contributed by atoms with Gasteiger partial charge in [0.2, 0.25) is 5.91 Å². The molecule has 0 radical (unpaired) electrons. The third-order valence-electron chi connectivity index (χ3n) is 5.01. The molecule has 1 heterocycles. The molecule has 1 aliphatic rings. The molecule has 144 valence electrons. The molecule has 5 nitrogen and oxygen atoms in total. The van der Waals surface area contributed by atoms with E-state index in [1.165, 1.54) is 11.3 Å². The molecule has 0 atom stereocenters. The number of rotatable bonds is 6. The van der Waals surface area contributed by atoms with Gasteiger partial charge in [0, 0.05) is 37.6 Å². The quantitative estimate of drug-likeness (QED) is 0.848. The van der Waals surface area contributed by atoms with Crippen molar-refractivity contribution >= 4 is 17.3 Å². The number of nitrogens with zero attached hydrogens (tertiary/aromatic N) is 2. The van der Waals surface area contributed by atoms with E-state index in [2.05, 4.69) is 53.2 Å². The summed E-state index contributed by atoms with van der Waals surface area (Å²) in [4.78, 5) is 17.0. The minimum Gasteiger partial charge on any atom is -0.497 e. The van der Waals surface area contributed by atoms with Gasteiger partial charge in [-0.2, -0.15) is 0 Å². The molecule has 2 aromatic rings. The van der Waals surface area contributed by atoms with Crippen LogP contribution in [0.4, 0.5) is 11.4 Å². The van der Waals surface area contributed by atoms with Crippen molar-refractivity contribution in [2.45, 2.75) is 19.8 Å². The van der Waals surface area contributed by atoms with Crippen molar-refractivity contribution < 1.29 is 9.53 Å². The standard InChI is InChI=1S/C22H29N3O2/c1-17(2)18-5-4-6-19(15-18)23-22(26)16-24-11-13-25(14-12-24)20-7-9-21(27-3)10-8-20/h4-10,15,17H,11-14,16H2,1-3H3,(H,23,26). The van der Waals surface area contributed by atoms with Crippen LogP contribution >= 0.6 is 0 Å². The van der Waals surface area contributed by atoms with Gasteiger partial charge in [0.05, 0.1) is 13.7 Å². The monoisotopic (exact) mass is 367 g/mol. The molecule has 5 heteroatoms. The zero-order valence-electron chi connectivity index (χ0n) is 16.4. The van der Waals surface area contributed by atoms with Crippen molar-refractivity contribution in [3.8, 4) is 5.75 Å². The van der Waals surface area contributed by atoms with Crippen LogP contribution in [-0.4, -0.2) is 50.6 Å². The fourth-order valence-electron chi connectivity index (χ4n) is 3.34. The summed E-state index contributed by atoms with van der Waals surface area (Å²) in [7, 11) is 1.68. The Labute approximate surface area is 161 Å². The lowest BCUT2D eigenvalue weighted by Crippen LogP contribution is -2.48. The number of benzene rings is 2. The van der Waals surface area contributed by atoms with E-state index in [0.29, 0.717) is 12.5 Å². The summed E-state index contributed by atoms with van der Waals surface area (Å²) in [5, 5.41) is 3.03. The zero-order valence-corrected chi connectivity index (χ0v) is 16.4. The lowest BCUT2D eigenvalue weighted by Gasteiger charge is -2.35. The van der Waals surface area contributed by atoms with Crippen LogP contribution in [-0.2, 0) is 4.79 Å². The third kappa shape index (κ3) is 5.23. The smallest absolute Gasteiger partial charge is 0.238 e. The second-order valence-corrected chi connectivity index (χ2v) is 7.29. The molecule has 1 aliphatic heterocycles. The van der Waals surface area contributed by atoms with Crippen molar-refractivity contribution in [2.24, 2.45) is 0 Å². The Hall–Kier alpha value is -2.53. The molecule has 0 unspecified atom stereocenters. The fourth-order valence-corrected chi connectivity index (χ4v) is 3.34. The van der Waals surface area contributed by atoms with Crippen LogP contribution in [0.25, 0.3) is 0 Å². The molecule has 1 N–H and O–H groups in total. The van der Waals surface area contributed by atoms with Crippen LogP contribution < -0.4 is 15.0 Å². The van der Waals surface area contributed by atoms with Gasteiger partial charge >= 0.3 is 0 Å². The Balaban J connectivity index is 1.48. The predicted molar refractivity (Wildman–Crippen MR) is 111 cm³/mol. The maximum Gasteiger partial charge on any atom is 0.238 e. The highest BCUT2D eigenvalue weighted by molar-refractivity contribution is 5.92. The van der Waals surface area contributed by atoms with E-state index >= 15 is 0 Å². The number of carbonyl (C=O) groups is 1. The number of carbonyl (C=O) groups excluding carboxylic acids is 1. The molecule has 0 aromatic heterocycles. The third-order valence-corrected chi connectivity index (χ3v) is 5.01. The van der Waals surface area contributed by atoms with Crippen molar-refractivity contribution in [3.05, 3.63) is 54.1 Å². The zero-order chi connectivity index (χ0) is 19.2. The highest BCUT2D eigenvalue weighted by Crippen LogP contribution is 2.21. The number of hydrogen-bond donors (Lipinski definition) is 1. The Morgan fingerprint density at radius 1 is 1.07 bits per heavy atom. The normalized spacial score (nSPS) is 15.0. The Morgan fingerprint density at radius 2 is 1.78 bits per heavy atom. The Bertz CT molecular complexity index is 750. The number of piperazine rings is 1. The number of amides is 1. The van der Waals surface area contributed by atoms with E-state index < -0.39 is 0 Å². The van der Waals surface area contributed by atoms with Gasteiger partial charge < -0.3 is 15.0 Å². The first-order chi connectivity index (χ1) is 13.0. The minimum absolute atomic E-state index is 0.0498. The fraction of sp³-hybridized carbons (Fsp3) is 0.409. The Morgan fingerprint density at radius 3 is 2.41 bits per heavy atom. The molecular formula is C22H29N3O2. The second kappa shape index (κ2) is 8.91. The van der Waals surface area contributed by atoms with Crippen molar-refractivity contribution in [3.63, 3.8) is 0 Å². The number of methoxy groups -OCH3 is 1. The summed E-state index contributed by atoms with van der Waals surface area (Å²) in [6, 6.07) is 16.2.